The van der Waals surface area contributed by atoms with Crippen LogP contribution in [0.1, 0.15) is 106 Å². The van der Waals surface area contributed by atoms with Crippen LogP contribution in [0.25, 0.3) is 11.3 Å². The summed E-state index contributed by atoms with van der Waals surface area (Å²) in [6, 6.07) is 6.00. The summed E-state index contributed by atoms with van der Waals surface area (Å²) in [4.78, 5) is 24.6. The van der Waals surface area contributed by atoms with Gasteiger partial charge in [0.25, 0.3) is 0 Å². The van der Waals surface area contributed by atoms with Gasteiger partial charge in [-0.15, -0.1) is 0 Å². The van der Waals surface area contributed by atoms with Crippen molar-refractivity contribution in [2.24, 2.45) is 5.41 Å². The molecule has 0 bridgehead atoms. The quantitative estimate of drug-likeness (QED) is 0.438. The van der Waals surface area contributed by atoms with Gasteiger partial charge >= 0.3 is 5.97 Å². The normalized spacial score (nSPS) is 18.6. The molecule has 0 amide bonds. The molecular weight excluding hydrogens is 454 g/mol. The van der Waals surface area contributed by atoms with Crippen molar-refractivity contribution in [3.8, 4) is 17.0 Å². The van der Waals surface area contributed by atoms with Crippen molar-refractivity contribution in [3.63, 3.8) is 0 Å². The Labute approximate surface area is 214 Å². The Morgan fingerprint density at radius 2 is 1.75 bits per heavy atom. The zero-order valence-electron chi connectivity index (χ0n) is 22.3. The van der Waals surface area contributed by atoms with E-state index in [-0.39, 0.29) is 17.0 Å². The molecule has 1 aliphatic carbocycles. The first kappa shape index (κ1) is 26.5. The van der Waals surface area contributed by atoms with Crippen molar-refractivity contribution in [3.05, 3.63) is 51.3 Å². The molecule has 1 atom stereocenters. The van der Waals surface area contributed by atoms with Crippen molar-refractivity contribution in [2.75, 3.05) is 20.3 Å². The van der Waals surface area contributed by atoms with Crippen molar-refractivity contribution < 1.29 is 19.4 Å². The van der Waals surface area contributed by atoms with Gasteiger partial charge in [0.1, 0.15) is 11.3 Å². The standard InChI is InChI=1S/C30H41NO5/c1-30(2,3)28-16-21-15-27(36-14-10-13-35-4)23(20-11-8-6-5-7-9-12-20)17-22(21)25-18-26(32)24(29(33)34)19-31(25)28/h15,17-20,28H,5-14,16H2,1-4H3,(H,33,34)/t28-/m0/s1. The van der Waals surface area contributed by atoms with Crippen LogP contribution in [-0.2, 0) is 11.2 Å². The third kappa shape index (κ3) is 5.69. The summed E-state index contributed by atoms with van der Waals surface area (Å²) in [5.74, 6) is 0.205. The maximum Gasteiger partial charge on any atom is 0.341 e. The fraction of sp³-hybridized carbons (Fsp3) is 0.600. The molecule has 1 N–H and O–H groups in total. The lowest BCUT2D eigenvalue weighted by Crippen LogP contribution is -2.33. The first-order valence-electron chi connectivity index (χ1n) is 13.5. The van der Waals surface area contributed by atoms with Gasteiger partial charge in [0.15, 0.2) is 5.43 Å². The van der Waals surface area contributed by atoms with Crippen LogP contribution in [0.2, 0.25) is 0 Å². The van der Waals surface area contributed by atoms with Crippen LogP contribution in [0.3, 0.4) is 0 Å². The van der Waals surface area contributed by atoms with Crippen LogP contribution in [0.5, 0.6) is 5.75 Å². The van der Waals surface area contributed by atoms with E-state index in [9.17, 15) is 14.7 Å². The second-order valence-corrected chi connectivity index (χ2v) is 11.5. The number of hydrogen-bond acceptors (Lipinski definition) is 4. The SMILES string of the molecule is COCCCOc1cc2c(cc1C1CCCCCCC1)-c1cc(=O)c(C(=O)O)cn1[C@H](C(C)(C)C)C2. The Bertz CT molecular complexity index is 1140. The number of fused-ring (bicyclic) bond motifs is 3. The molecule has 2 heterocycles. The lowest BCUT2D eigenvalue weighted by atomic mass is 9.77. The van der Waals surface area contributed by atoms with Gasteiger partial charge in [-0.3, -0.25) is 4.79 Å². The third-order valence-electron chi connectivity index (χ3n) is 7.87. The second-order valence-electron chi connectivity index (χ2n) is 11.5. The summed E-state index contributed by atoms with van der Waals surface area (Å²) in [5, 5.41) is 9.63. The molecule has 4 rings (SSSR count). The van der Waals surface area contributed by atoms with Gasteiger partial charge in [-0.25, -0.2) is 4.79 Å². The topological polar surface area (TPSA) is 77.8 Å². The largest absolute Gasteiger partial charge is 0.493 e. The highest BCUT2D eigenvalue weighted by molar-refractivity contribution is 5.87. The van der Waals surface area contributed by atoms with E-state index in [0.29, 0.717) is 19.1 Å². The fourth-order valence-corrected chi connectivity index (χ4v) is 5.86. The number of aromatic nitrogens is 1. The number of rotatable bonds is 7. The molecule has 0 unspecified atom stereocenters. The monoisotopic (exact) mass is 495 g/mol. The molecule has 2 aliphatic rings. The minimum absolute atomic E-state index is 0.0206. The van der Waals surface area contributed by atoms with E-state index < -0.39 is 11.4 Å². The third-order valence-corrected chi connectivity index (χ3v) is 7.87. The smallest absolute Gasteiger partial charge is 0.341 e. The Kier molecular flexibility index (Phi) is 8.23. The first-order chi connectivity index (χ1) is 17.2. The molecule has 0 spiro atoms. The van der Waals surface area contributed by atoms with Gasteiger partial charge in [0.05, 0.1) is 12.3 Å². The summed E-state index contributed by atoms with van der Waals surface area (Å²) >= 11 is 0. The van der Waals surface area contributed by atoms with Crippen LogP contribution in [0, 0.1) is 5.41 Å². The van der Waals surface area contributed by atoms with E-state index in [2.05, 4.69) is 32.9 Å². The predicted molar refractivity (Wildman–Crippen MR) is 142 cm³/mol. The molecule has 1 aliphatic heterocycles. The lowest BCUT2D eigenvalue weighted by molar-refractivity contribution is 0.0693. The maximum atomic E-state index is 12.8. The van der Waals surface area contributed by atoms with Gasteiger partial charge in [0.2, 0.25) is 0 Å². The van der Waals surface area contributed by atoms with Gasteiger partial charge in [-0.2, -0.15) is 0 Å². The number of nitrogens with zero attached hydrogens (tertiary/aromatic N) is 1. The number of aromatic carboxylic acids is 1. The predicted octanol–water partition coefficient (Wildman–Crippen LogP) is 6.60. The van der Waals surface area contributed by atoms with Gasteiger partial charge in [-0.1, -0.05) is 52.9 Å². The van der Waals surface area contributed by atoms with E-state index in [1.165, 1.54) is 43.7 Å². The van der Waals surface area contributed by atoms with Crippen molar-refractivity contribution in [2.45, 2.75) is 90.5 Å². The average molecular weight is 496 g/mol. The van der Waals surface area contributed by atoms with Crippen LogP contribution in [0.4, 0.5) is 0 Å². The number of carboxylic acid groups (broad SMARTS) is 1. The molecule has 6 nitrogen and oxygen atoms in total. The Morgan fingerprint density at radius 1 is 1.06 bits per heavy atom. The first-order valence-corrected chi connectivity index (χ1v) is 13.5. The van der Waals surface area contributed by atoms with Crippen LogP contribution in [-0.4, -0.2) is 36.0 Å². The molecule has 1 fully saturated rings. The van der Waals surface area contributed by atoms with E-state index in [4.69, 9.17) is 9.47 Å². The highest BCUT2D eigenvalue weighted by Crippen LogP contribution is 2.46. The molecule has 0 saturated heterocycles. The number of ether oxygens (including phenoxy) is 2. The fourth-order valence-electron chi connectivity index (χ4n) is 5.86. The number of carbonyl (C=O) groups is 1. The molecule has 1 aromatic carbocycles. The second kappa shape index (κ2) is 11.2. The molecule has 0 radical (unpaired) electrons. The summed E-state index contributed by atoms with van der Waals surface area (Å²) in [6.45, 7) is 7.76. The number of pyridine rings is 1. The number of methoxy groups -OCH3 is 1. The molecule has 196 valence electrons. The number of benzene rings is 1. The van der Waals surface area contributed by atoms with E-state index >= 15 is 0 Å². The van der Waals surface area contributed by atoms with Crippen LogP contribution in [0.15, 0.2) is 29.2 Å². The van der Waals surface area contributed by atoms with E-state index in [1.807, 2.05) is 4.57 Å². The summed E-state index contributed by atoms with van der Waals surface area (Å²) < 4.78 is 13.6. The molecule has 1 saturated carbocycles. The van der Waals surface area contributed by atoms with Gasteiger partial charge in [0, 0.05) is 44.0 Å². The van der Waals surface area contributed by atoms with Gasteiger partial charge < -0.3 is 19.1 Å². The summed E-state index contributed by atoms with van der Waals surface area (Å²) in [5.41, 5.74) is 3.48. The molecule has 2 aromatic rings. The van der Waals surface area contributed by atoms with Crippen molar-refractivity contribution >= 4 is 5.97 Å². The van der Waals surface area contributed by atoms with E-state index in [0.717, 1.165) is 48.3 Å². The maximum absolute atomic E-state index is 12.8. The van der Waals surface area contributed by atoms with Crippen molar-refractivity contribution in [1.82, 2.24) is 4.57 Å². The number of carboxylic acids is 1. The lowest BCUT2D eigenvalue weighted by Gasteiger charge is -2.39. The van der Waals surface area contributed by atoms with E-state index in [1.54, 1.807) is 13.3 Å². The van der Waals surface area contributed by atoms with Gasteiger partial charge in [-0.05, 0) is 53.9 Å². The molecule has 1 aromatic heterocycles. The Morgan fingerprint density at radius 3 is 2.39 bits per heavy atom. The zero-order chi connectivity index (χ0) is 25.9. The highest BCUT2D eigenvalue weighted by atomic mass is 16.5. The summed E-state index contributed by atoms with van der Waals surface area (Å²) in [6.07, 6.45) is 11.7. The van der Waals surface area contributed by atoms with Crippen LogP contribution >= 0.6 is 0 Å². The minimum Gasteiger partial charge on any atom is -0.493 e. The molecule has 6 heteroatoms. The molecule has 36 heavy (non-hydrogen) atoms. The minimum atomic E-state index is -1.18. The Hall–Kier alpha value is -2.60. The zero-order valence-corrected chi connectivity index (χ0v) is 22.3. The van der Waals surface area contributed by atoms with Crippen LogP contribution < -0.4 is 10.2 Å². The van der Waals surface area contributed by atoms with Crippen molar-refractivity contribution in [1.29, 1.82) is 0 Å². The average Bonchev–Trinajstić information content (AvgIpc) is 2.80. The Balaban J connectivity index is 1.85. The molecular formula is C30H41NO5. The number of hydrogen-bond donors (Lipinski definition) is 1. The highest BCUT2D eigenvalue weighted by Gasteiger charge is 2.34. The summed E-state index contributed by atoms with van der Waals surface area (Å²) in [7, 11) is 1.71.